The molecule has 0 aliphatic carbocycles. The summed E-state index contributed by atoms with van der Waals surface area (Å²) in [7, 11) is 1.58. The van der Waals surface area contributed by atoms with Crippen LogP contribution in [0.25, 0.3) is 10.9 Å². The Kier molecular flexibility index (Phi) is 11.4. The van der Waals surface area contributed by atoms with E-state index in [0.29, 0.717) is 48.8 Å². The number of piperazine rings is 1. The van der Waals surface area contributed by atoms with E-state index in [1.807, 2.05) is 66.2 Å². The molecule has 5 aromatic rings. The van der Waals surface area contributed by atoms with E-state index < -0.39 is 5.97 Å². The number of hydrogen-bond acceptors (Lipinski definition) is 7. The van der Waals surface area contributed by atoms with E-state index in [1.54, 1.807) is 19.2 Å². The number of rotatable bonds is 16. The summed E-state index contributed by atoms with van der Waals surface area (Å²) in [6, 6.07) is 32.1. The normalized spacial score (nSPS) is 14.0. The molecular formula is C41H45N3O6. The van der Waals surface area contributed by atoms with E-state index >= 15 is 0 Å². The van der Waals surface area contributed by atoms with Gasteiger partial charge in [0.1, 0.15) is 5.75 Å². The first-order valence-corrected chi connectivity index (χ1v) is 17.4. The van der Waals surface area contributed by atoms with Crippen molar-refractivity contribution in [2.45, 2.75) is 38.8 Å². The fourth-order valence-corrected chi connectivity index (χ4v) is 6.88. The quantitative estimate of drug-likeness (QED) is 0.108. The van der Waals surface area contributed by atoms with Gasteiger partial charge in [0.15, 0.2) is 17.3 Å². The van der Waals surface area contributed by atoms with Crippen LogP contribution in [0.2, 0.25) is 0 Å². The molecule has 0 saturated carbocycles. The monoisotopic (exact) mass is 675 g/mol. The number of aliphatic carboxylic acids is 1. The van der Waals surface area contributed by atoms with Gasteiger partial charge in [-0.25, -0.2) is 0 Å². The molecule has 1 aromatic heterocycles. The number of aryl methyl sites for hydroxylation is 1. The highest BCUT2D eigenvalue weighted by molar-refractivity contribution is 6.16. The van der Waals surface area contributed by atoms with Crippen LogP contribution in [0.4, 0.5) is 5.69 Å². The van der Waals surface area contributed by atoms with Gasteiger partial charge < -0.3 is 28.8 Å². The molecule has 0 amide bonds. The van der Waals surface area contributed by atoms with Gasteiger partial charge in [-0.1, -0.05) is 60.7 Å². The second-order valence-electron chi connectivity index (χ2n) is 12.4. The van der Waals surface area contributed by atoms with E-state index in [4.69, 9.17) is 19.3 Å². The summed E-state index contributed by atoms with van der Waals surface area (Å²) in [5, 5.41) is 9.92. The number of nitrogens with zero attached hydrogens (tertiary/aromatic N) is 3. The maximum atomic E-state index is 13.8. The summed E-state index contributed by atoms with van der Waals surface area (Å²) in [6.07, 6.45) is 3.16. The molecule has 1 fully saturated rings. The van der Waals surface area contributed by atoms with Crippen LogP contribution in [0.5, 0.6) is 17.2 Å². The van der Waals surface area contributed by atoms with E-state index in [-0.39, 0.29) is 18.2 Å². The predicted molar refractivity (Wildman–Crippen MR) is 196 cm³/mol. The highest BCUT2D eigenvalue weighted by Gasteiger charge is 2.27. The second-order valence-corrected chi connectivity index (χ2v) is 12.4. The molecule has 9 nitrogen and oxygen atoms in total. The van der Waals surface area contributed by atoms with Crippen molar-refractivity contribution >= 4 is 28.3 Å². The van der Waals surface area contributed by atoms with E-state index in [9.17, 15) is 9.59 Å². The lowest BCUT2D eigenvalue weighted by Crippen LogP contribution is -2.48. The fourth-order valence-electron chi connectivity index (χ4n) is 6.88. The van der Waals surface area contributed by atoms with Gasteiger partial charge in [0, 0.05) is 79.8 Å². The largest absolute Gasteiger partial charge is 0.493 e. The number of carbonyl (C=O) groups excluding carboxylic acids is 1. The zero-order valence-corrected chi connectivity index (χ0v) is 28.8. The summed E-state index contributed by atoms with van der Waals surface area (Å²) >= 11 is 0. The second kappa shape index (κ2) is 16.4. The standard InChI is InChI=1S/C41H45N3O6/c1-3-49-37-17-10-9-16-36(37)43-25-23-42(24-26-43)34(30-12-5-4-6-13-30)21-27-50-38-20-19-31(28-39(38)48-2)41(47)33-29-44(22-11-18-40(45)46)35-15-8-7-14-32(33)35/h4-10,12-17,19-20,28-29,34H,3,11,18,21-27H2,1-2H3,(H,45,46). The minimum absolute atomic E-state index is 0.0706. The number of fused-ring (bicyclic) bond motifs is 1. The van der Waals surface area contributed by atoms with E-state index in [2.05, 4.69) is 46.2 Å². The van der Waals surface area contributed by atoms with Gasteiger partial charge in [-0.3, -0.25) is 14.5 Å². The lowest BCUT2D eigenvalue weighted by atomic mass is 10.0. The van der Waals surface area contributed by atoms with Crippen molar-refractivity contribution in [3.05, 3.63) is 120 Å². The maximum absolute atomic E-state index is 13.8. The number of carboxylic acids is 1. The van der Waals surface area contributed by atoms with Gasteiger partial charge in [-0.2, -0.15) is 0 Å². The SMILES string of the molecule is CCOc1ccccc1N1CCN(C(CCOc2ccc(C(=O)c3cn(CCCC(=O)O)c4ccccc34)cc2OC)c2ccccc2)CC1. The highest BCUT2D eigenvalue weighted by Crippen LogP contribution is 2.34. The van der Waals surface area contributed by atoms with Crippen LogP contribution >= 0.6 is 0 Å². The molecule has 0 radical (unpaired) electrons. The first-order valence-electron chi connectivity index (χ1n) is 17.4. The number of ether oxygens (including phenoxy) is 3. The molecule has 1 unspecified atom stereocenters. The Morgan fingerprint density at radius 2 is 1.56 bits per heavy atom. The Morgan fingerprint density at radius 3 is 2.32 bits per heavy atom. The summed E-state index contributed by atoms with van der Waals surface area (Å²) in [4.78, 5) is 29.8. The zero-order valence-electron chi connectivity index (χ0n) is 28.8. The van der Waals surface area contributed by atoms with Crippen molar-refractivity contribution in [3.8, 4) is 17.2 Å². The Balaban J connectivity index is 1.13. The van der Waals surface area contributed by atoms with Crippen LogP contribution in [0.1, 0.15) is 53.7 Å². The van der Waals surface area contributed by atoms with Crippen molar-refractivity contribution in [3.63, 3.8) is 0 Å². The molecule has 1 aliphatic rings. The van der Waals surface area contributed by atoms with Crippen LogP contribution in [0, 0.1) is 0 Å². The molecule has 1 N–H and O–H groups in total. The molecule has 0 spiro atoms. The van der Waals surface area contributed by atoms with Gasteiger partial charge in [0.05, 0.1) is 26.0 Å². The third kappa shape index (κ3) is 7.95. The number of carboxylic acid groups (broad SMARTS) is 1. The lowest BCUT2D eigenvalue weighted by Gasteiger charge is -2.40. The molecule has 2 heterocycles. The van der Waals surface area contributed by atoms with Gasteiger partial charge in [0.2, 0.25) is 0 Å². The van der Waals surface area contributed by atoms with Crippen molar-refractivity contribution < 1.29 is 28.9 Å². The van der Waals surface area contributed by atoms with Crippen molar-refractivity contribution in [1.29, 1.82) is 0 Å². The Bertz CT molecular complexity index is 1900. The van der Waals surface area contributed by atoms with Gasteiger partial charge >= 0.3 is 5.97 Å². The van der Waals surface area contributed by atoms with Crippen molar-refractivity contribution in [2.24, 2.45) is 0 Å². The lowest BCUT2D eigenvalue weighted by molar-refractivity contribution is -0.137. The third-order valence-corrected chi connectivity index (χ3v) is 9.34. The van der Waals surface area contributed by atoms with Crippen LogP contribution in [-0.2, 0) is 11.3 Å². The fraction of sp³-hybridized carbons (Fsp3) is 0.317. The molecule has 6 rings (SSSR count). The number of methoxy groups -OCH3 is 1. The number of hydrogen-bond donors (Lipinski definition) is 1. The number of aromatic nitrogens is 1. The molecule has 50 heavy (non-hydrogen) atoms. The van der Waals surface area contributed by atoms with E-state index in [0.717, 1.165) is 54.9 Å². The van der Waals surface area contributed by atoms with E-state index in [1.165, 1.54) is 5.56 Å². The molecular weight excluding hydrogens is 630 g/mol. The molecule has 1 aliphatic heterocycles. The van der Waals surface area contributed by atoms with Crippen molar-refractivity contribution in [2.75, 3.05) is 51.4 Å². The van der Waals surface area contributed by atoms with Crippen LogP contribution in [0.15, 0.2) is 103 Å². The average Bonchev–Trinajstić information content (AvgIpc) is 3.52. The van der Waals surface area contributed by atoms with Crippen molar-refractivity contribution in [1.82, 2.24) is 9.47 Å². The average molecular weight is 676 g/mol. The maximum Gasteiger partial charge on any atom is 0.303 e. The number of benzene rings is 4. The third-order valence-electron chi connectivity index (χ3n) is 9.34. The summed E-state index contributed by atoms with van der Waals surface area (Å²) < 4.78 is 19.9. The summed E-state index contributed by atoms with van der Waals surface area (Å²) in [5.41, 5.74) is 4.36. The first-order chi connectivity index (χ1) is 24.5. The smallest absolute Gasteiger partial charge is 0.303 e. The van der Waals surface area contributed by atoms with Gasteiger partial charge in [-0.05, 0) is 55.3 Å². The number of para-hydroxylation sites is 3. The number of ketones is 1. The van der Waals surface area contributed by atoms with Gasteiger partial charge in [0.25, 0.3) is 0 Å². The summed E-state index contributed by atoms with van der Waals surface area (Å²) in [6.45, 7) is 7.27. The molecule has 9 heteroatoms. The number of carbonyl (C=O) groups is 2. The van der Waals surface area contributed by atoms with Crippen LogP contribution < -0.4 is 19.1 Å². The topological polar surface area (TPSA) is 93.5 Å². The highest BCUT2D eigenvalue weighted by atomic mass is 16.5. The Hall–Kier alpha value is -5.28. The molecule has 1 atom stereocenters. The predicted octanol–water partition coefficient (Wildman–Crippen LogP) is 7.48. The number of anilines is 1. The summed E-state index contributed by atoms with van der Waals surface area (Å²) in [5.74, 6) is 1.05. The van der Waals surface area contributed by atoms with Crippen LogP contribution in [-0.4, -0.2) is 72.8 Å². The minimum atomic E-state index is -0.832. The molecule has 0 bridgehead atoms. The molecule has 1 saturated heterocycles. The first kappa shape index (κ1) is 34.6. The van der Waals surface area contributed by atoms with Gasteiger partial charge in [-0.15, -0.1) is 0 Å². The van der Waals surface area contributed by atoms with Crippen LogP contribution in [0.3, 0.4) is 0 Å². The molecule has 4 aromatic carbocycles. The Labute approximate surface area is 293 Å². The molecule has 260 valence electrons. The minimum Gasteiger partial charge on any atom is -0.493 e. The Morgan fingerprint density at radius 1 is 0.820 bits per heavy atom. The zero-order chi connectivity index (χ0) is 34.9.